The molecule has 2 N–H and O–H groups in total. The number of nitrogens with one attached hydrogen (secondary N) is 1. The van der Waals surface area contributed by atoms with Crippen molar-refractivity contribution in [1.29, 1.82) is 0 Å². The van der Waals surface area contributed by atoms with Crippen LogP contribution in [0.5, 0.6) is 0 Å². The Kier molecular flexibility index (Phi) is 8.94. The highest BCUT2D eigenvalue weighted by molar-refractivity contribution is 7.89. The average molecular weight is 552 g/mol. The fourth-order valence-corrected chi connectivity index (χ4v) is 6.82. The number of benzene rings is 3. The molecule has 0 aliphatic carbocycles. The lowest BCUT2D eigenvalue weighted by Gasteiger charge is -2.31. The maximum atomic E-state index is 13.7. The highest BCUT2D eigenvalue weighted by Gasteiger charge is 2.32. The van der Waals surface area contributed by atoms with Crippen LogP contribution in [0.1, 0.15) is 35.3 Å². The minimum atomic E-state index is -3.91. The molecule has 2 atom stereocenters. The number of aromatic nitrogens is 1. The SMILES string of the molecule is Cc1ccccc1C(=O)N[C@@H](Cc1ccccc1)[C@H](O)CN(CC(C)C)S(=O)(=O)c1ccc2ncsc2c1. The molecule has 0 fully saturated rings. The highest BCUT2D eigenvalue weighted by atomic mass is 32.2. The van der Waals surface area contributed by atoms with Gasteiger partial charge in [-0.2, -0.15) is 4.31 Å². The van der Waals surface area contributed by atoms with E-state index in [-0.39, 0.29) is 29.8 Å². The number of amides is 1. The first-order valence-electron chi connectivity index (χ1n) is 12.6. The molecule has 7 nitrogen and oxygen atoms in total. The van der Waals surface area contributed by atoms with Crippen LogP contribution in [-0.2, 0) is 16.4 Å². The number of carbonyl (C=O) groups excluding carboxylic acids is 1. The number of aryl methyl sites for hydroxylation is 1. The predicted octanol–water partition coefficient (Wildman–Crippen LogP) is 4.65. The molecule has 4 aromatic rings. The van der Waals surface area contributed by atoms with Crippen molar-refractivity contribution in [2.45, 2.75) is 44.2 Å². The first kappa shape index (κ1) is 27.9. The summed E-state index contributed by atoms with van der Waals surface area (Å²) in [6.45, 7) is 5.79. The van der Waals surface area contributed by atoms with Crippen molar-refractivity contribution in [1.82, 2.24) is 14.6 Å². The largest absolute Gasteiger partial charge is 0.390 e. The van der Waals surface area contributed by atoms with Gasteiger partial charge in [0.15, 0.2) is 0 Å². The van der Waals surface area contributed by atoms with Crippen LogP contribution in [0.4, 0.5) is 0 Å². The zero-order valence-electron chi connectivity index (χ0n) is 21.7. The van der Waals surface area contributed by atoms with E-state index in [1.807, 2.05) is 63.2 Å². The second-order valence-electron chi connectivity index (χ2n) is 9.85. The van der Waals surface area contributed by atoms with Gasteiger partial charge in [-0.05, 0) is 54.7 Å². The molecule has 9 heteroatoms. The Morgan fingerprint density at radius 1 is 1.03 bits per heavy atom. The van der Waals surface area contributed by atoms with Crippen LogP contribution >= 0.6 is 11.3 Å². The summed E-state index contributed by atoms with van der Waals surface area (Å²) in [6.07, 6.45) is -0.800. The minimum absolute atomic E-state index is 0.0262. The Bertz CT molecular complexity index is 1490. The molecule has 4 rings (SSSR count). The number of aliphatic hydroxyl groups excluding tert-OH is 1. The van der Waals surface area contributed by atoms with E-state index in [1.54, 1.807) is 35.8 Å². The third-order valence-corrected chi connectivity index (χ3v) is 8.99. The molecule has 0 unspecified atom stereocenters. The number of carbonyl (C=O) groups is 1. The molecule has 1 heterocycles. The molecule has 1 amide bonds. The third kappa shape index (κ3) is 6.66. The van der Waals surface area contributed by atoms with Gasteiger partial charge in [0.05, 0.1) is 32.8 Å². The molecule has 38 heavy (non-hydrogen) atoms. The van der Waals surface area contributed by atoms with Crippen LogP contribution in [0.25, 0.3) is 10.2 Å². The molecule has 200 valence electrons. The Hall–Kier alpha value is -3.11. The summed E-state index contributed by atoms with van der Waals surface area (Å²) in [5.74, 6) is -0.282. The predicted molar refractivity (Wildman–Crippen MR) is 152 cm³/mol. The number of hydrogen-bond donors (Lipinski definition) is 2. The Labute approximate surface area is 228 Å². The smallest absolute Gasteiger partial charge is 0.251 e. The zero-order valence-corrected chi connectivity index (χ0v) is 23.4. The van der Waals surface area contributed by atoms with Crippen molar-refractivity contribution < 1.29 is 18.3 Å². The summed E-state index contributed by atoms with van der Waals surface area (Å²) in [6, 6.07) is 21.0. The number of aliphatic hydroxyl groups is 1. The molecule has 0 aliphatic heterocycles. The third-order valence-electron chi connectivity index (χ3n) is 6.37. The van der Waals surface area contributed by atoms with Gasteiger partial charge in [-0.15, -0.1) is 11.3 Å². The maximum absolute atomic E-state index is 13.7. The first-order valence-corrected chi connectivity index (χ1v) is 14.9. The lowest BCUT2D eigenvalue weighted by atomic mass is 9.99. The van der Waals surface area contributed by atoms with Crippen molar-refractivity contribution in [3.05, 3.63) is 95.0 Å². The summed E-state index contributed by atoms with van der Waals surface area (Å²) in [5, 5.41) is 14.4. The molecule has 0 aliphatic rings. The Morgan fingerprint density at radius 3 is 2.45 bits per heavy atom. The van der Waals surface area contributed by atoms with Gasteiger partial charge in [0.2, 0.25) is 10.0 Å². The van der Waals surface area contributed by atoms with Gasteiger partial charge >= 0.3 is 0 Å². The second kappa shape index (κ2) is 12.2. The summed E-state index contributed by atoms with van der Waals surface area (Å²) < 4.78 is 29.6. The quantitative estimate of drug-likeness (QED) is 0.283. The van der Waals surface area contributed by atoms with Crippen LogP contribution < -0.4 is 5.32 Å². The molecule has 3 aromatic carbocycles. The van der Waals surface area contributed by atoms with E-state index in [0.717, 1.165) is 21.3 Å². The van der Waals surface area contributed by atoms with Crippen molar-refractivity contribution in [2.75, 3.05) is 13.1 Å². The van der Waals surface area contributed by atoms with Gasteiger partial charge in [-0.1, -0.05) is 62.4 Å². The summed E-state index contributed by atoms with van der Waals surface area (Å²) in [7, 11) is -3.91. The van der Waals surface area contributed by atoms with E-state index in [0.29, 0.717) is 12.0 Å². The molecule has 1 aromatic heterocycles. The normalized spacial score (nSPS) is 13.6. The molecule has 0 bridgehead atoms. The molecule has 0 spiro atoms. The van der Waals surface area contributed by atoms with Crippen LogP contribution in [0.15, 0.2) is 83.2 Å². The lowest BCUT2D eigenvalue weighted by Crippen LogP contribution is -2.51. The van der Waals surface area contributed by atoms with Crippen LogP contribution in [0.3, 0.4) is 0 Å². The monoisotopic (exact) mass is 551 g/mol. The van der Waals surface area contributed by atoms with E-state index in [1.165, 1.54) is 15.6 Å². The van der Waals surface area contributed by atoms with E-state index < -0.39 is 22.2 Å². The Morgan fingerprint density at radius 2 is 1.74 bits per heavy atom. The molecule has 0 saturated carbocycles. The lowest BCUT2D eigenvalue weighted by molar-refractivity contribution is 0.0775. The number of rotatable bonds is 11. The first-order chi connectivity index (χ1) is 18.1. The number of thiazole rings is 1. The van der Waals surface area contributed by atoms with Crippen molar-refractivity contribution >= 4 is 37.5 Å². The molecular weight excluding hydrogens is 518 g/mol. The molecule has 0 saturated heterocycles. The molecular formula is C29H33N3O4S2. The van der Waals surface area contributed by atoms with Gasteiger partial charge < -0.3 is 10.4 Å². The van der Waals surface area contributed by atoms with Crippen molar-refractivity contribution in [3.8, 4) is 0 Å². The standard InChI is InChI=1S/C29H33N3O4S2/c1-20(2)17-32(38(35,36)23-13-14-25-28(16-23)37-19-30-25)18-27(33)26(15-22-10-5-4-6-11-22)31-29(34)24-12-8-7-9-21(24)3/h4-14,16,19-20,26-27,33H,15,17-18H2,1-3H3,(H,31,34)/t26-,27+/m0/s1. The summed E-state index contributed by atoms with van der Waals surface area (Å²) in [4.78, 5) is 17.6. The van der Waals surface area contributed by atoms with E-state index in [9.17, 15) is 18.3 Å². The van der Waals surface area contributed by atoms with Gasteiger partial charge in [0.25, 0.3) is 5.91 Å². The second-order valence-corrected chi connectivity index (χ2v) is 12.7. The molecule has 0 radical (unpaired) electrons. The number of sulfonamides is 1. The highest BCUT2D eigenvalue weighted by Crippen LogP contribution is 2.25. The van der Waals surface area contributed by atoms with E-state index in [2.05, 4.69) is 10.3 Å². The van der Waals surface area contributed by atoms with E-state index >= 15 is 0 Å². The number of nitrogens with zero attached hydrogens (tertiary/aromatic N) is 2. The number of hydrogen-bond acceptors (Lipinski definition) is 6. The fourth-order valence-electron chi connectivity index (χ4n) is 4.38. The summed E-state index contributed by atoms with van der Waals surface area (Å²) in [5.41, 5.74) is 4.69. The van der Waals surface area contributed by atoms with E-state index in [4.69, 9.17) is 0 Å². The minimum Gasteiger partial charge on any atom is -0.390 e. The topological polar surface area (TPSA) is 99.6 Å². The zero-order chi connectivity index (χ0) is 27.3. The Balaban J connectivity index is 1.62. The fraction of sp³-hybridized carbons (Fsp3) is 0.310. The van der Waals surface area contributed by atoms with Crippen LogP contribution in [0, 0.1) is 12.8 Å². The van der Waals surface area contributed by atoms with Gasteiger partial charge in [0, 0.05) is 18.7 Å². The maximum Gasteiger partial charge on any atom is 0.251 e. The average Bonchev–Trinajstić information content (AvgIpc) is 3.36. The van der Waals surface area contributed by atoms with Crippen molar-refractivity contribution in [2.24, 2.45) is 5.92 Å². The van der Waals surface area contributed by atoms with Crippen LogP contribution in [-0.4, -0.2) is 54.0 Å². The summed E-state index contributed by atoms with van der Waals surface area (Å²) >= 11 is 1.38. The number of fused-ring (bicyclic) bond motifs is 1. The van der Waals surface area contributed by atoms with Gasteiger partial charge in [-0.25, -0.2) is 13.4 Å². The van der Waals surface area contributed by atoms with Gasteiger partial charge in [-0.3, -0.25) is 4.79 Å². The van der Waals surface area contributed by atoms with Gasteiger partial charge in [0.1, 0.15) is 0 Å². The van der Waals surface area contributed by atoms with Crippen molar-refractivity contribution in [3.63, 3.8) is 0 Å². The van der Waals surface area contributed by atoms with Crippen LogP contribution in [0.2, 0.25) is 0 Å².